The predicted molar refractivity (Wildman–Crippen MR) is 298 cm³/mol. The highest BCUT2D eigenvalue weighted by atomic mass is 16.5. The van der Waals surface area contributed by atoms with Crippen molar-refractivity contribution in [1.82, 2.24) is 14.8 Å². The van der Waals surface area contributed by atoms with Gasteiger partial charge in [0.2, 0.25) is 0 Å². The number of hydrogen-bond acceptors (Lipinski definition) is 12. The van der Waals surface area contributed by atoms with Crippen LogP contribution in [0.15, 0.2) is 118 Å². The maximum absolute atomic E-state index is 12.8. The number of carboxylic acid groups (broad SMARTS) is 1. The fraction of sp³-hybridized carbons (Fsp3) is 0.403. The number of carbonyl (C=O) groups excluding carboxylic acids is 3. The van der Waals surface area contributed by atoms with Gasteiger partial charge in [-0.05, 0) is 155 Å². The average molecular weight is 1050 g/mol. The molecule has 0 aliphatic heterocycles. The molecule has 2 saturated carbocycles. The molecule has 4 aromatic carbocycles. The van der Waals surface area contributed by atoms with Crippen molar-refractivity contribution in [1.29, 1.82) is 0 Å². The van der Waals surface area contributed by atoms with Crippen LogP contribution in [0.1, 0.15) is 145 Å². The van der Waals surface area contributed by atoms with Gasteiger partial charge in [0.05, 0.1) is 37.2 Å². The molecule has 7 aromatic rings. The van der Waals surface area contributed by atoms with Crippen LogP contribution in [-0.4, -0.2) is 82.5 Å². The van der Waals surface area contributed by atoms with Gasteiger partial charge in [0.15, 0.2) is 0 Å². The molecule has 2 fully saturated rings. The van der Waals surface area contributed by atoms with Gasteiger partial charge in [-0.15, -0.1) is 0 Å². The van der Waals surface area contributed by atoms with Gasteiger partial charge in [0, 0.05) is 77.8 Å². The molecule has 9 rings (SSSR count). The first-order valence-corrected chi connectivity index (χ1v) is 27.2. The van der Waals surface area contributed by atoms with Gasteiger partial charge in [-0.2, -0.15) is 0 Å². The second kappa shape index (κ2) is 26.3. The second-order valence-corrected chi connectivity index (χ2v) is 20.5. The number of anilines is 2. The molecule has 15 nitrogen and oxygen atoms in total. The fourth-order valence-electron chi connectivity index (χ4n) is 10.7. The van der Waals surface area contributed by atoms with Crippen LogP contribution in [-0.2, 0) is 20.9 Å². The van der Waals surface area contributed by atoms with E-state index in [4.69, 9.17) is 23.4 Å². The van der Waals surface area contributed by atoms with E-state index in [1.165, 1.54) is 48.3 Å². The number of ether oxygens (including phenoxy) is 2. The molecule has 2 aliphatic carbocycles. The Morgan fingerprint density at radius 2 is 1.17 bits per heavy atom. The maximum Gasteiger partial charge on any atom is 0.307 e. The van der Waals surface area contributed by atoms with E-state index in [0.29, 0.717) is 42.7 Å². The lowest BCUT2D eigenvalue weighted by Gasteiger charge is -2.31. The standard InChI is InChI=1S/C33H37N3O5.C29H36N2O5/c1-22-28-20-27(40-21-26-10-6-7-18-34-26)15-16-29(28)41-32(22)31(23-8-4-3-5-9-23)35-25-13-11-24(12-14-25)33(39)36(2)19-17-30(37)38;1-4-35-26(33)16-17-31(3)29(34)21-10-12-22(13-11-21)30-27(20-8-6-5-7-9-20)28-19(2)24-18-23(32)14-15-25(24)36-28/h6-7,10-16,18,20,23,31,35H,3-5,8-9,17,19,21H2,1-2H3,(H,37,38);10-15,18,20,27,30,32H,4-9,16-17H2,1-3H3. The molecule has 15 heteroatoms. The highest BCUT2D eigenvalue weighted by Crippen LogP contribution is 2.43. The number of aromatic hydroxyl groups is 1. The fourth-order valence-corrected chi connectivity index (χ4v) is 10.7. The summed E-state index contributed by atoms with van der Waals surface area (Å²) >= 11 is 0. The number of aryl methyl sites for hydroxylation is 2. The molecule has 2 atom stereocenters. The molecule has 2 unspecified atom stereocenters. The van der Waals surface area contributed by atoms with Gasteiger partial charge in [0.25, 0.3) is 11.8 Å². The lowest BCUT2D eigenvalue weighted by Crippen LogP contribution is -2.29. The van der Waals surface area contributed by atoms with Crippen molar-refractivity contribution in [3.05, 3.63) is 149 Å². The molecular weight excluding hydrogens is 975 g/mol. The first kappa shape index (κ1) is 55.4. The summed E-state index contributed by atoms with van der Waals surface area (Å²) in [4.78, 5) is 55.3. The van der Waals surface area contributed by atoms with E-state index < -0.39 is 5.97 Å². The Balaban J connectivity index is 0.000000205. The van der Waals surface area contributed by atoms with Gasteiger partial charge in [-0.25, -0.2) is 0 Å². The highest BCUT2D eigenvalue weighted by Gasteiger charge is 2.32. The molecular formula is C62H73N5O10. The molecule has 0 bridgehead atoms. The van der Waals surface area contributed by atoms with Gasteiger partial charge in [-0.1, -0.05) is 44.6 Å². The molecule has 0 spiro atoms. The molecule has 4 N–H and O–H groups in total. The summed E-state index contributed by atoms with van der Waals surface area (Å²) in [6, 6.07) is 31.8. The third kappa shape index (κ3) is 14.4. The number of rotatable bonds is 20. The Morgan fingerprint density at radius 1 is 0.662 bits per heavy atom. The van der Waals surface area contributed by atoms with Crippen LogP contribution >= 0.6 is 0 Å². The number of carbonyl (C=O) groups is 4. The number of benzene rings is 4. The van der Waals surface area contributed by atoms with E-state index in [-0.39, 0.29) is 55.0 Å². The van der Waals surface area contributed by atoms with Gasteiger partial charge in [-0.3, -0.25) is 24.2 Å². The number of esters is 1. The number of furan rings is 2. The van der Waals surface area contributed by atoms with Crippen molar-refractivity contribution < 1.29 is 47.7 Å². The van der Waals surface area contributed by atoms with Crippen molar-refractivity contribution in [3.8, 4) is 11.5 Å². The summed E-state index contributed by atoms with van der Waals surface area (Å²) in [5, 5.41) is 28.3. The van der Waals surface area contributed by atoms with Crippen LogP contribution < -0.4 is 15.4 Å². The van der Waals surface area contributed by atoms with E-state index >= 15 is 0 Å². The number of phenols is 1. The lowest BCUT2D eigenvalue weighted by molar-refractivity contribution is -0.143. The zero-order valence-corrected chi connectivity index (χ0v) is 45.0. The Labute approximate surface area is 450 Å². The maximum atomic E-state index is 12.8. The molecule has 406 valence electrons. The third-order valence-corrected chi connectivity index (χ3v) is 15.0. The van der Waals surface area contributed by atoms with Crippen LogP contribution in [0.2, 0.25) is 0 Å². The monoisotopic (exact) mass is 1050 g/mol. The molecule has 2 aliphatic rings. The van der Waals surface area contributed by atoms with Crippen LogP contribution in [0.5, 0.6) is 11.5 Å². The van der Waals surface area contributed by atoms with Crippen molar-refractivity contribution in [3.63, 3.8) is 0 Å². The third-order valence-electron chi connectivity index (χ3n) is 15.0. The van der Waals surface area contributed by atoms with Crippen molar-refractivity contribution >= 4 is 57.1 Å². The Hall–Kier alpha value is -7.81. The summed E-state index contributed by atoms with van der Waals surface area (Å²) in [7, 11) is 3.31. The molecule has 3 aromatic heterocycles. The van der Waals surface area contributed by atoms with Gasteiger partial charge in [0.1, 0.15) is 40.8 Å². The second-order valence-electron chi connectivity index (χ2n) is 20.5. The predicted octanol–water partition coefficient (Wildman–Crippen LogP) is 13.2. The van der Waals surface area contributed by atoms with E-state index in [1.54, 1.807) is 51.5 Å². The summed E-state index contributed by atoms with van der Waals surface area (Å²) < 4.78 is 23.8. The minimum atomic E-state index is -0.924. The largest absolute Gasteiger partial charge is 0.508 e. The first-order chi connectivity index (χ1) is 37.3. The molecule has 3 heterocycles. The Kier molecular flexibility index (Phi) is 18.9. The lowest BCUT2D eigenvalue weighted by atomic mass is 9.82. The van der Waals surface area contributed by atoms with Crippen LogP contribution in [0, 0.1) is 25.7 Å². The van der Waals surface area contributed by atoms with Crippen molar-refractivity contribution in [2.75, 3.05) is 44.4 Å². The van der Waals surface area contributed by atoms with E-state index in [0.717, 1.165) is 93.1 Å². The number of hydrogen-bond donors (Lipinski definition) is 4. The topological polar surface area (TPSA) is 197 Å². The molecule has 2 amide bonds. The number of fused-ring (bicyclic) bond motifs is 2. The number of aliphatic carboxylic acids is 1. The van der Waals surface area contributed by atoms with Crippen molar-refractivity contribution in [2.45, 2.75) is 117 Å². The molecule has 0 saturated heterocycles. The minimum Gasteiger partial charge on any atom is -0.508 e. The summed E-state index contributed by atoms with van der Waals surface area (Å²) in [5.74, 6) is 2.13. The van der Waals surface area contributed by atoms with Gasteiger partial charge < -0.3 is 49.0 Å². The number of nitrogens with zero attached hydrogens (tertiary/aromatic N) is 3. The van der Waals surface area contributed by atoms with Gasteiger partial charge >= 0.3 is 11.9 Å². The van der Waals surface area contributed by atoms with Crippen molar-refractivity contribution in [2.24, 2.45) is 11.8 Å². The van der Waals surface area contributed by atoms with Crippen LogP contribution in [0.4, 0.5) is 11.4 Å². The van der Waals surface area contributed by atoms with Crippen LogP contribution in [0.3, 0.4) is 0 Å². The Morgan fingerprint density at radius 3 is 1.66 bits per heavy atom. The number of amides is 2. The quantitative estimate of drug-likeness (QED) is 0.0527. The first-order valence-electron chi connectivity index (χ1n) is 27.2. The smallest absolute Gasteiger partial charge is 0.307 e. The normalized spacial score (nSPS) is 14.7. The summed E-state index contributed by atoms with van der Waals surface area (Å²) in [6.07, 6.45) is 13.7. The zero-order valence-electron chi connectivity index (χ0n) is 45.0. The molecule has 0 radical (unpaired) electrons. The average Bonchev–Trinajstić information content (AvgIpc) is 4.01. The number of phenolic OH excluding ortho intramolecular Hbond substituents is 1. The number of carboxylic acids is 1. The number of pyridine rings is 1. The SMILES string of the molecule is CCOC(=O)CCN(C)C(=O)c1ccc(NC(c2oc3ccc(O)cc3c2C)C2CCCCC2)cc1.Cc1c(C(Nc2ccc(C(=O)N(C)CCC(=O)O)cc2)C2CCCCC2)oc2ccc(OCc3ccccn3)cc12. The van der Waals surface area contributed by atoms with E-state index in [1.807, 2.05) is 85.8 Å². The zero-order chi connectivity index (χ0) is 54.4. The molecule has 77 heavy (non-hydrogen) atoms. The Bertz CT molecular complexity index is 3080. The number of aromatic nitrogens is 1. The number of nitrogens with one attached hydrogen (secondary N) is 2. The summed E-state index contributed by atoms with van der Waals surface area (Å²) in [6.45, 7) is 7.13. The van der Waals surface area contributed by atoms with E-state index in [9.17, 15) is 24.3 Å². The van der Waals surface area contributed by atoms with Crippen LogP contribution in [0.25, 0.3) is 21.9 Å². The highest BCUT2D eigenvalue weighted by molar-refractivity contribution is 5.95. The minimum absolute atomic E-state index is 0.00588. The summed E-state index contributed by atoms with van der Waals surface area (Å²) in [5.41, 5.74) is 7.52. The van der Waals surface area contributed by atoms with E-state index in [2.05, 4.69) is 22.5 Å².